The topological polar surface area (TPSA) is 89.2 Å². The van der Waals surface area contributed by atoms with Crippen LogP contribution >= 0.6 is 0 Å². The lowest BCUT2D eigenvalue weighted by Gasteiger charge is -2.34. The molecule has 1 atom stereocenters. The third-order valence-corrected chi connectivity index (χ3v) is 6.19. The van der Waals surface area contributed by atoms with Crippen LogP contribution in [0.2, 0.25) is 0 Å². The third-order valence-electron chi connectivity index (χ3n) is 6.19. The lowest BCUT2D eigenvalue weighted by Crippen LogP contribution is -2.49. The second-order valence-electron chi connectivity index (χ2n) is 8.39. The molecular formula is C23H29N7O. The molecule has 0 bridgehead atoms. The summed E-state index contributed by atoms with van der Waals surface area (Å²) in [6.45, 7) is 4.20. The van der Waals surface area contributed by atoms with Gasteiger partial charge >= 0.3 is 0 Å². The van der Waals surface area contributed by atoms with Crippen LogP contribution in [0.1, 0.15) is 25.7 Å². The van der Waals surface area contributed by atoms with E-state index < -0.39 is 0 Å². The van der Waals surface area contributed by atoms with Gasteiger partial charge in [-0.2, -0.15) is 0 Å². The Kier molecular flexibility index (Phi) is 5.60. The van der Waals surface area contributed by atoms with Crippen molar-refractivity contribution in [2.75, 3.05) is 47.8 Å². The second-order valence-corrected chi connectivity index (χ2v) is 8.39. The van der Waals surface area contributed by atoms with E-state index in [1.54, 1.807) is 6.33 Å². The number of hydrogen-bond acceptors (Lipinski definition) is 6. The van der Waals surface area contributed by atoms with Gasteiger partial charge in [0.25, 0.3) is 0 Å². The molecule has 5 rings (SSSR count). The number of rotatable bonds is 6. The molecule has 0 aliphatic carbocycles. The van der Waals surface area contributed by atoms with E-state index in [4.69, 9.17) is 0 Å². The average molecular weight is 420 g/mol. The summed E-state index contributed by atoms with van der Waals surface area (Å²) < 4.78 is 0. The molecule has 2 aromatic heterocycles. The number of carbonyl (C=O) groups is 1. The number of aromatic amines is 1. The number of anilines is 3. The summed E-state index contributed by atoms with van der Waals surface area (Å²) in [5.41, 5.74) is 3.06. The molecule has 8 nitrogen and oxygen atoms in total. The van der Waals surface area contributed by atoms with Crippen molar-refractivity contribution in [2.24, 2.45) is 0 Å². The number of piperidine rings is 1. The number of H-pyrrole nitrogens is 1. The average Bonchev–Trinajstić information content (AvgIpc) is 3.50. The van der Waals surface area contributed by atoms with Gasteiger partial charge in [-0.3, -0.25) is 4.79 Å². The summed E-state index contributed by atoms with van der Waals surface area (Å²) in [6.07, 6.45) is 7.99. The van der Waals surface area contributed by atoms with Crippen LogP contribution in [0.5, 0.6) is 0 Å². The highest BCUT2D eigenvalue weighted by molar-refractivity contribution is 5.87. The standard InChI is InChI=1S/C23H29N7O/c31-21(14-25-17-5-3-7-19(13-17)29-10-1-2-11-29)28-18-6-4-12-30(15-18)23-20-8-9-24-22(20)26-16-27-23/h3,5,7-9,13,16,18,25H,1-2,4,6,10-12,14-15H2,(H,28,31)(H,24,26,27)/t18-/m0/s1. The largest absolute Gasteiger partial charge is 0.376 e. The van der Waals surface area contributed by atoms with Crippen molar-refractivity contribution in [1.29, 1.82) is 0 Å². The van der Waals surface area contributed by atoms with Crippen molar-refractivity contribution in [3.8, 4) is 0 Å². The minimum absolute atomic E-state index is 0.0212. The molecule has 162 valence electrons. The number of benzene rings is 1. The summed E-state index contributed by atoms with van der Waals surface area (Å²) >= 11 is 0. The van der Waals surface area contributed by atoms with Crippen LogP contribution in [0.25, 0.3) is 11.0 Å². The monoisotopic (exact) mass is 419 g/mol. The van der Waals surface area contributed by atoms with E-state index >= 15 is 0 Å². The molecule has 3 aromatic rings. The molecule has 1 amide bonds. The molecule has 0 radical (unpaired) electrons. The van der Waals surface area contributed by atoms with Crippen molar-refractivity contribution in [1.82, 2.24) is 20.3 Å². The van der Waals surface area contributed by atoms with Gasteiger partial charge in [0.15, 0.2) is 0 Å². The highest BCUT2D eigenvalue weighted by Gasteiger charge is 2.24. The number of nitrogens with zero attached hydrogens (tertiary/aromatic N) is 4. The highest BCUT2D eigenvalue weighted by Crippen LogP contribution is 2.25. The van der Waals surface area contributed by atoms with Crippen molar-refractivity contribution in [3.63, 3.8) is 0 Å². The molecule has 0 spiro atoms. The van der Waals surface area contributed by atoms with Crippen LogP contribution in [0.3, 0.4) is 0 Å². The first-order valence-electron chi connectivity index (χ1n) is 11.2. The van der Waals surface area contributed by atoms with Crippen molar-refractivity contribution < 1.29 is 4.79 Å². The maximum Gasteiger partial charge on any atom is 0.239 e. The Morgan fingerprint density at radius 2 is 1.97 bits per heavy atom. The van der Waals surface area contributed by atoms with E-state index in [2.05, 4.69) is 53.6 Å². The molecule has 8 heteroatoms. The van der Waals surface area contributed by atoms with Crippen molar-refractivity contribution in [3.05, 3.63) is 42.9 Å². The number of carbonyl (C=O) groups excluding carboxylic acids is 1. The highest BCUT2D eigenvalue weighted by atomic mass is 16.2. The number of nitrogens with one attached hydrogen (secondary N) is 3. The zero-order valence-corrected chi connectivity index (χ0v) is 17.7. The lowest BCUT2D eigenvalue weighted by molar-refractivity contribution is -0.120. The summed E-state index contributed by atoms with van der Waals surface area (Å²) in [7, 11) is 0. The SMILES string of the molecule is O=C(CNc1cccc(N2CCCC2)c1)N[C@H]1CCCN(c2ncnc3[nH]ccc23)C1. The molecule has 0 saturated carbocycles. The fourth-order valence-corrected chi connectivity index (χ4v) is 4.65. The van der Waals surface area contributed by atoms with Gasteiger partial charge in [-0.25, -0.2) is 9.97 Å². The van der Waals surface area contributed by atoms with E-state index in [9.17, 15) is 4.79 Å². The fraction of sp³-hybridized carbons (Fsp3) is 0.435. The molecule has 1 aromatic carbocycles. The van der Waals surface area contributed by atoms with Crippen LogP contribution in [0.4, 0.5) is 17.2 Å². The van der Waals surface area contributed by atoms with Gasteiger partial charge in [0.1, 0.15) is 17.8 Å². The van der Waals surface area contributed by atoms with E-state index in [0.29, 0.717) is 0 Å². The molecule has 2 fully saturated rings. The quantitative estimate of drug-likeness (QED) is 0.569. The van der Waals surface area contributed by atoms with Gasteiger partial charge < -0.3 is 25.4 Å². The van der Waals surface area contributed by atoms with E-state index in [1.165, 1.54) is 18.5 Å². The van der Waals surface area contributed by atoms with Crippen molar-refractivity contribution >= 4 is 34.1 Å². The Bertz CT molecular complexity index is 1040. The molecule has 0 unspecified atom stereocenters. The number of aromatic nitrogens is 3. The van der Waals surface area contributed by atoms with Gasteiger partial charge in [0.2, 0.25) is 5.91 Å². The summed E-state index contributed by atoms with van der Waals surface area (Å²) in [6, 6.07) is 10.5. The Labute approximate surface area is 182 Å². The molecular weight excluding hydrogens is 390 g/mol. The van der Waals surface area contributed by atoms with Crippen LogP contribution in [0, 0.1) is 0 Å². The molecule has 3 N–H and O–H groups in total. The molecule has 2 aliphatic heterocycles. The zero-order valence-electron chi connectivity index (χ0n) is 17.7. The van der Waals surface area contributed by atoms with Crippen molar-refractivity contribution in [2.45, 2.75) is 31.7 Å². The van der Waals surface area contributed by atoms with Crippen LogP contribution < -0.4 is 20.4 Å². The molecule has 4 heterocycles. The number of fused-ring (bicyclic) bond motifs is 1. The van der Waals surface area contributed by atoms with Crippen LogP contribution in [-0.4, -0.2) is 59.6 Å². The predicted octanol–water partition coefficient (Wildman–Crippen LogP) is 2.76. The molecule has 2 saturated heterocycles. The van der Waals surface area contributed by atoms with E-state index in [-0.39, 0.29) is 18.5 Å². The summed E-state index contributed by atoms with van der Waals surface area (Å²) in [4.78, 5) is 29.2. The van der Waals surface area contributed by atoms with Gasteiger partial charge in [0.05, 0.1) is 11.9 Å². The summed E-state index contributed by atoms with van der Waals surface area (Å²) in [5, 5.41) is 7.50. The maximum absolute atomic E-state index is 12.6. The maximum atomic E-state index is 12.6. The predicted molar refractivity (Wildman–Crippen MR) is 124 cm³/mol. The Balaban J connectivity index is 1.16. The van der Waals surface area contributed by atoms with Crippen LogP contribution in [0.15, 0.2) is 42.9 Å². The number of amides is 1. The first-order valence-corrected chi connectivity index (χ1v) is 11.2. The minimum Gasteiger partial charge on any atom is -0.376 e. The van der Waals surface area contributed by atoms with E-state index in [1.807, 2.05) is 18.3 Å². The van der Waals surface area contributed by atoms with Gasteiger partial charge in [-0.1, -0.05) is 6.07 Å². The second kappa shape index (κ2) is 8.83. The zero-order chi connectivity index (χ0) is 21.0. The normalized spacial score (nSPS) is 19.0. The van der Waals surface area contributed by atoms with Gasteiger partial charge in [-0.15, -0.1) is 0 Å². The van der Waals surface area contributed by atoms with Gasteiger partial charge in [-0.05, 0) is 49.9 Å². The van der Waals surface area contributed by atoms with Gasteiger partial charge in [0, 0.05) is 49.8 Å². The Morgan fingerprint density at radius 3 is 2.87 bits per heavy atom. The van der Waals surface area contributed by atoms with Crippen LogP contribution in [-0.2, 0) is 4.79 Å². The fourth-order valence-electron chi connectivity index (χ4n) is 4.65. The smallest absolute Gasteiger partial charge is 0.239 e. The number of hydrogen-bond donors (Lipinski definition) is 3. The Hall–Kier alpha value is -3.29. The first kappa shape index (κ1) is 19.7. The third kappa shape index (κ3) is 4.42. The molecule has 31 heavy (non-hydrogen) atoms. The lowest BCUT2D eigenvalue weighted by atomic mass is 10.1. The molecule has 2 aliphatic rings. The van der Waals surface area contributed by atoms with E-state index in [0.717, 1.165) is 61.6 Å². The minimum atomic E-state index is 0.0212. The first-order chi connectivity index (χ1) is 15.3. The Morgan fingerprint density at radius 1 is 1.10 bits per heavy atom. The summed E-state index contributed by atoms with van der Waals surface area (Å²) in [5.74, 6) is 0.954.